The first-order valence-electron chi connectivity index (χ1n) is 28.3. The van der Waals surface area contributed by atoms with Gasteiger partial charge in [-0.1, -0.05) is 194 Å². The molecule has 0 amide bonds. The summed E-state index contributed by atoms with van der Waals surface area (Å²) in [5, 5.41) is 0. The molecule has 0 spiro atoms. The highest BCUT2D eigenvalue weighted by Crippen LogP contribution is 2.47. The lowest BCUT2D eigenvalue weighted by atomic mass is 9.72. The van der Waals surface area contributed by atoms with Crippen LogP contribution in [0, 0.1) is 46.5 Å². The molecule has 0 aliphatic heterocycles. The Kier molecular flexibility index (Phi) is 16.5. The molecule has 12 rings (SSSR count). The molecular weight excluding hydrogens is 1090 g/mol. The Hall–Kier alpha value is -9.92. The second-order valence-electron chi connectivity index (χ2n) is 21.8. The van der Waals surface area contributed by atoms with Gasteiger partial charge in [-0.25, -0.2) is 35.1 Å². The molecule has 0 saturated heterocycles. The van der Waals surface area contributed by atoms with E-state index in [1.54, 1.807) is 97.1 Å². The van der Waals surface area contributed by atoms with Crippen LogP contribution in [0.1, 0.15) is 125 Å². The van der Waals surface area contributed by atoms with E-state index in [1.807, 2.05) is 0 Å². The first kappa shape index (κ1) is 56.6. The van der Waals surface area contributed by atoms with Crippen molar-refractivity contribution in [2.45, 2.75) is 35.5 Å². The molecule has 0 bridgehead atoms. The van der Waals surface area contributed by atoms with E-state index in [9.17, 15) is 35.1 Å². The summed E-state index contributed by atoms with van der Waals surface area (Å²) in [6.45, 7) is 0. The topological polar surface area (TPSA) is 0 Å². The predicted octanol–water partition coefficient (Wildman–Crippen LogP) is 20.5. The van der Waals surface area contributed by atoms with Crippen LogP contribution in [0.25, 0.3) is 0 Å². The second-order valence-corrected chi connectivity index (χ2v) is 21.8. The maximum absolute atomic E-state index is 14.5. The second kappa shape index (κ2) is 25.1. The standard InChI is InChI=1S/C78H54F8/c79-65-33-17-53(18-34-65)73(54-19-35-66(80)36-20-54)49-1-9-61(10-2-49)77(62-11-3-50(4-12-62)74(55-21-37-67(81)38-22-55)56-23-39-68(82)40-24-56)78(63-13-5-51(6-14-63)75(57-25-41-69(83)42-26-57)58-27-43-70(84)44-28-58)64-15-7-52(8-16-64)76(59-29-45-71(85)46-30-59)60-31-47-72(86)48-32-60/h1-48,73-78H. The molecule has 0 aliphatic rings. The van der Waals surface area contributed by atoms with Crippen LogP contribution in [-0.4, -0.2) is 0 Å². The van der Waals surface area contributed by atoms with Gasteiger partial charge in [0.15, 0.2) is 0 Å². The fourth-order valence-corrected chi connectivity index (χ4v) is 12.3. The molecule has 8 heteroatoms. The van der Waals surface area contributed by atoms with Crippen LogP contribution in [0.4, 0.5) is 35.1 Å². The Bertz CT molecular complexity index is 3430. The van der Waals surface area contributed by atoms with Gasteiger partial charge in [0.25, 0.3) is 0 Å². The molecule has 0 aliphatic carbocycles. The summed E-state index contributed by atoms with van der Waals surface area (Å²) in [6, 6.07) is 83.8. The van der Waals surface area contributed by atoms with Crippen LogP contribution in [0.2, 0.25) is 0 Å². The molecule has 0 fully saturated rings. The van der Waals surface area contributed by atoms with E-state index < -0.39 is 11.8 Å². The molecule has 0 saturated carbocycles. The first-order chi connectivity index (χ1) is 41.9. The number of hydrogen-bond donors (Lipinski definition) is 0. The minimum atomic E-state index is -0.435. The lowest BCUT2D eigenvalue weighted by Crippen LogP contribution is -2.16. The van der Waals surface area contributed by atoms with Crippen molar-refractivity contribution in [2.24, 2.45) is 0 Å². The molecule has 0 nitrogen and oxygen atoms in total. The first-order valence-corrected chi connectivity index (χ1v) is 28.3. The van der Waals surface area contributed by atoms with Crippen LogP contribution in [0.3, 0.4) is 0 Å². The van der Waals surface area contributed by atoms with Crippen LogP contribution in [-0.2, 0) is 0 Å². The number of halogens is 8. The number of benzene rings is 12. The summed E-state index contributed by atoms with van der Waals surface area (Å²) >= 11 is 0. The molecule has 0 unspecified atom stereocenters. The smallest absolute Gasteiger partial charge is 0.123 e. The van der Waals surface area contributed by atoms with Gasteiger partial charge in [-0.2, -0.15) is 0 Å². The SMILES string of the molecule is Fc1ccc(C(c2ccc(F)cc2)c2ccc(C(c3ccc(C(c4ccc(F)cc4)c4ccc(F)cc4)cc3)C(c3ccc(C(c4ccc(F)cc4)c4ccc(F)cc4)cc3)c3ccc(C(c4ccc(F)cc4)c4ccc(F)cc4)cc3)cc2)cc1. The van der Waals surface area contributed by atoms with Gasteiger partial charge in [0.2, 0.25) is 0 Å². The third-order valence-electron chi connectivity index (χ3n) is 16.5. The minimum Gasteiger partial charge on any atom is -0.207 e. The largest absolute Gasteiger partial charge is 0.207 e. The van der Waals surface area contributed by atoms with Crippen molar-refractivity contribution < 1.29 is 35.1 Å². The average Bonchev–Trinajstić information content (AvgIpc) is 2.91. The molecular formula is C78H54F8. The normalized spacial score (nSPS) is 11.7. The quantitative estimate of drug-likeness (QED) is 0.0630. The highest BCUT2D eigenvalue weighted by molar-refractivity contribution is 5.54. The summed E-state index contributed by atoms with van der Waals surface area (Å²) in [5.74, 6) is -5.49. The molecule has 12 aromatic carbocycles. The third kappa shape index (κ3) is 12.5. The van der Waals surface area contributed by atoms with Gasteiger partial charge in [0, 0.05) is 35.5 Å². The van der Waals surface area contributed by atoms with E-state index in [1.165, 1.54) is 97.1 Å². The summed E-state index contributed by atoms with van der Waals surface area (Å²) < 4.78 is 116. The lowest BCUT2D eigenvalue weighted by molar-refractivity contribution is 0.625. The Balaban J connectivity index is 1.04. The van der Waals surface area contributed by atoms with E-state index in [4.69, 9.17) is 0 Å². The Morgan fingerprint density at radius 2 is 0.198 bits per heavy atom. The molecule has 0 radical (unpaired) electrons. The van der Waals surface area contributed by atoms with Gasteiger partial charge in [-0.3, -0.25) is 0 Å². The monoisotopic (exact) mass is 1140 g/mol. The van der Waals surface area contributed by atoms with Crippen LogP contribution < -0.4 is 0 Å². The number of rotatable bonds is 17. The highest BCUT2D eigenvalue weighted by Gasteiger charge is 2.31. The van der Waals surface area contributed by atoms with Gasteiger partial charge in [-0.15, -0.1) is 0 Å². The van der Waals surface area contributed by atoms with Gasteiger partial charge in [0.05, 0.1) is 0 Å². The van der Waals surface area contributed by atoms with E-state index in [0.717, 1.165) is 89.0 Å². The lowest BCUT2D eigenvalue weighted by Gasteiger charge is -2.31. The fourth-order valence-electron chi connectivity index (χ4n) is 12.3. The van der Waals surface area contributed by atoms with Crippen LogP contribution in [0.5, 0.6) is 0 Å². The summed E-state index contributed by atoms with van der Waals surface area (Å²) in [6.07, 6.45) is 0. The molecule has 0 N–H and O–H groups in total. The zero-order chi connectivity index (χ0) is 59.3. The van der Waals surface area contributed by atoms with E-state index in [0.29, 0.717) is 0 Å². The van der Waals surface area contributed by atoms with Gasteiger partial charge in [0.1, 0.15) is 46.5 Å². The van der Waals surface area contributed by atoms with E-state index in [2.05, 4.69) is 97.1 Å². The van der Waals surface area contributed by atoms with Crippen molar-refractivity contribution in [3.8, 4) is 0 Å². The van der Waals surface area contributed by atoms with Gasteiger partial charge in [-0.05, 0) is 186 Å². The van der Waals surface area contributed by atoms with Crippen molar-refractivity contribution in [1.82, 2.24) is 0 Å². The van der Waals surface area contributed by atoms with Gasteiger partial charge < -0.3 is 0 Å². The zero-order valence-electron chi connectivity index (χ0n) is 46.2. The Morgan fingerprint density at radius 1 is 0.116 bits per heavy atom. The molecule has 0 atom stereocenters. The zero-order valence-corrected chi connectivity index (χ0v) is 46.2. The Morgan fingerprint density at radius 3 is 0.302 bits per heavy atom. The summed E-state index contributed by atoms with van der Waals surface area (Å²) in [5.41, 5.74) is 13.7. The fraction of sp³-hybridized carbons (Fsp3) is 0.0769. The molecule has 0 aromatic heterocycles. The van der Waals surface area contributed by atoms with E-state index in [-0.39, 0.29) is 70.2 Å². The van der Waals surface area contributed by atoms with Crippen LogP contribution >= 0.6 is 0 Å². The molecule has 422 valence electrons. The highest BCUT2D eigenvalue weighted by atomic mass is 19.2. The maximum Gasteiger partial charge on any atom is 0.123 e. The molecule has 86 heavy (non-hydrogen) atoms. The van der Waals surface area contributed by atoms with Crippen molar-refractivity contribution >= 4 is 0 Å². The molecule has 0 heterocycles. The minimum absolute atomic E-state index is 0.382. The van der Waals surface area contributed by atoms with E-state index >= 15 is 0 Å². The maximum atomic E-state index is 14.5. The summed E-state index contributed by atoms with van der Waals surface area (Å²) in [4.78, 5) is 0. The summed E-state index contributed by atoms with van der Waals surface area (Å²) in [7, 11) is 0. The van der Waals surface area contributed by atoms with Crippen LogP contribution in [0.15, 0.2) is 291 Å². The van der Waals surface area contributed by atoms with Gasteiger partial charge >= 0.3 is 0 Å². The predicted molar refractivity (Wildman–Crippen MR) is 324 cm³/mol. The van der Waals surface area contributed by atoms with Crippen molar-refractivity contribution in [2.75, 3.05) is 0 Å². The Labute approximate surface area is 495 Å². The van der Waals surface area contributed by atoms with Crippen molar-refractivity contribution in [1.29, 1.82) is 0 Å². The number of hydrogen-bond acceptors (Lipinski definition) is 0. The molecule has 12 aromatic rings. The van der Waals surface area contributed by atoms with Crippen molar-refractivity contribution in [3.05, 3.63) is 427 Å². The third-order valence-corrected chi connectivity index (χ3v) is 16.5. The van der Waals surface area contributed by atoms with Crippen molar-refractivity contribution in [3.63, 3.8) is 0 Å². The average molecular weight is 1140 g/mol.